The van der Waals surface area contributed by atoms with Crippen molar-refractivity contribution < 1.29 is 38.5 Å². The van der Waals surface area contributed by atoms with E-state index in [1.165, 1.54) is 6.07 Å². The maximum absolute atomic E-state index is 11.4. The fraction of sp³-hybridized carbons (Fsp3) is 0.333. The highest BCUT2D eigenvalue weighted by Gasteiger charge is 2.48. The van der Waals surface area contributed by atoms with Gasteiger partial charge in [-0.25, -0.2) is 0 Å². The van der Waals surface area contributed by atoms with Crippen LogP contribution in [0, 0.1) is 10.1 Å². The number of para-hydroxylation sites is 1. The summed E-state index contributed by atoms with van der Waals surface area (Å²) >= 11 is 0. The predicted molar refractivity (Wildman–Crippen MR) is 170 cm³/mol. The van der Waals surface area contributed by atoms with Crippen molar-refractivity contribution in [1.29, 1.82) is 0 Å². The molecule has 1 heterocycles. The molecule has 0 saturated carbocycles. The Morgan fingerprint density at radius 1 is 0.609 bits per heavy atom. The summed E-state index contributed by atoms with van der Waals surface area (Å²) in [7, 11) is 0. The number of benzene rings is 4. The molecule has 5 rings (SSSR count). The molecular weight excluding hydrogens is 590 g/mol. The van der Waals surface area contributed by atoms with Crippen LogP contribution in [-0.4, -0.2) is 60.6 Å². The first kappa shape index (κ1) is 33.4. The SMILES string of the molecule is O=[N+]([O-])c1ccccc1COCCO[C@@H]1O[C@H](CO)[C@@H](OCc2ccccc2)[C@H](OCc2ccccc2)[C@H]1OCc1ccccc1. The van der Waals surface area contributed by atoms with E-state index < -0.39 is 35.6 Å². The lowest BCUT2D eigenvalue weighted by Gasteiger charge is -2.45. The van der Waals surface area contributed by atoms with Crippen LogP contribution in [0.3, 0.4) is 0 Å². The minimum atomic E-state index is -0.923. The lowest BCUT2D eigenvalue weighted by Crippen LogP contribution is -2.61. The third-order valence-corrected chi connectivity index (χ3v) is 7.58. The molecule has 242 valence electrons. The summed E-state index contributed by atoms with van der Waals surface area (Å²) in [4.78, 5) is 10.9. The first-order chi connectivity index (χ1) is 22.6. The molecule has 46 heavy (non-hydrogen) atoms. The molecule has 1 aliphatic rings. The Kier molecular flexibility index (Phi) is 12.8. The van der Waals surface area contributed by atoms with Gasteiger partial charge in [0.15, 0.2) is 6.29 Å². The van der Waals surface area contributed by atoms with Crippen LogP contribution in [0.2, 0.25) is 0 Å². The monoisotopic (exact) mass is 629 g/mol. The third kappa shape index (κ3) is 9.51. The van der Waals surface area contributed by atoms with Gasteiger partial charge in [-0.1, -0.05) is 103 Å². The van der Waals surface area contributed by atoms with Gasteiger partial charge in [-0.05, 0) is 22.8 Å². The van der Waals surface area contributed by atoms with E-state index in [1.807, 2.05) is 91.0 Å². The Morgan fingerprint density at radius 2 is 1.11 bits per heavy atom. The molecule has 0 radical (unpaired) electrons. The fourth-order valence-corrected chi connectivity index (χ4v) is 5.24. The van der Waals surface area contributed by atoms with Crippen molar-refractivity contribution in [1.82, 2.24) is 0 Å². The van der Waals surface area contributed by atoms with Gasteiger partial charge in [-0.2, -0.15) is 0 Å². The van der Waals surface area contributed by atoms with Crippen molar-refractivity contribution in [2.75, 3.05) is 19.8 Å². The van der Waals surface area contributed by atoms with Crippen molar-refractivity contribution >= 4 is 5.69 Å². The maximum atomic E-state index is 11.4. The van der Waals surface area contributed by atoms with Gasteiger partial charge in [0.2, 0.25) is 0 Å². The van der Waals surface area contributed by atoms with Gasteiger partial charge < -0.3 is 33.5 Å². The van der Waals surface area contributed by atoms with Crippen molar-refractivity contribution in [3.05, 3.63) is 148 Å². The lowest BCUT2D eigenvalue weighted by molar-refractivity contribution is -0.386. The molecule has 1 fully saturated rings. The van der Waals surface area contributed by atoms with Crippen molar-refractivity contribution in [3.8, 4) is 0 Å². The minimum Gasteiger partial charge on any atom is -0.394 e. The van der Waals surface area contributed by atoms with Crippen LogP contribution in [0.1, 0.15) is 22.3 Å². The lowest BCUT2D eigenvalue weighted by atomic mass is 9.98. The van der Waals surface area contributed by atoms with Crippen LogP contribution in [0.5, 0.6) is 0 Å². The van der Waals surface area contributed by atoms with Gasteiger partial charge in [0.05, 0.1) is 56.7 Å². The van der Waals surface area contributed by atoms with Gasteiger partial charge in [0, 0.05) is 6.07 Å². The summed E-state index contributed by atoms with van der Waals surface area (Å²) in [5.74, 6) is 0. The van der Waals surface area contributed by atoms with E-state index in [0.29, 0.717) is 5.56 Å². The van der Waals surface area contributed by atoms with Crippen molar-refractivity contribution in [2.24, 2.45) is 0 Å². The molecule has 0 aliphatic carbocycles. The molecule has 10 nitrogen and oxygen atoms in total. The number of aliphatic hydroxyl groups excluding tert-OH is 1. The van der Waals surface area contributed by atoms with Gasteiger partial charge in [-0.3, -0.25) is 10.1 Å². The molecule has 10 heteroatoms. The topological polar surface area (TPSA) is 119 Å². The molecule has 0 amide bonds. The highest BCUT2D eigenvalue weighted by Crippen LogP contribution is 2.31. The zero-order valence-electron chi connectivity index (χ0n) is 25.5. The number of ether oxygens (including phenoxy) is 6. The zero-order valence-corrected chi connectivity index (χ0v) is 25.5. The second-order valence-corrected chi connectivity index (χ2v) is 10.8. The summed E-state index contributed by atoms with van der Waals surface area (Å²) in [6.07, 6.45) is -3.77. The molecule has 0 bridgehead atoms. The average molecular weight is 630 g/mol. The van der Waals surface area contributed by atoms with E-state index in [1.54, 1.807) is 18.2 Å². The molecule has 1 aliphatic heterocycles. The first-order valence-corrected chi connectivity index (χ1v) is 15.3. The van der Waals surface area contributed by atoms with Crippen molar-refractivity contribution in [2.45, 2.75) is 57.1 Å². The number of aliphatic hydroxyl groups is 1. The predicted octanol–water partition coefficient (Wildman–Crippen LogP) is 5.60. The van der Waals surface area contributed by atoms with E-state index >= 15 is 0 Å². The Bertz CT molecular complexity index is 1460. The summed E-state index contributed by atoms with van der Waals surface area (Å²) in [5, 5.41) is 21.8. The van der Waals surface area contributed by atoms with Gasteiger partial charge in [0.25, 0.3) is 5.69 Å². The van der Waals surface area contributed by atoms with Gasteiger partial charge in [-0.15, -0.1) is 0 Å². The molecular formula is C36H39NO9. The number of nitrogens with zero attached hydrogens (tertiary/aromatic N) is 1. The van der Waals surface area contributed by atoms with E-state index in [2.05, 4.69) is 0 Å². The Balaban J connectivity index is 1.32. The van der Waals surface area contributed by atoms with Crippen LogP contribution in [0.4, 0.5) is 5.69 Å². The molecule has 0 unspecified atom stereocenters. The highest BCUT2D eigenvalue weighted by molar-refractivity contribution is 5.39. The molecule has 5 atom stereocenters. The van der Waals surface area contributed by atoms with Crippen LogP contribution < -0.4 is 0 Å². The highest BCUT2D eigenvalue weighted by atomic mass is 16.7. The van der Waals surface area contributed by atoms with E-state index in [0.717, 1.165) is 16.7 Å². The third-order valence-electron chi connectivity index (χ3n) is 7.58. The fourth-order valence-electron chi connectivity index (χ4n) is 5.24. The Labute approximate surface area is 268 Å². The summed E-state index contributed by atoms with van der Waals surface area (Å²) in [6.45, 7) is 0.809. The summed E-state index contributed by atoms with van der Waals surface area (Å²) in [6, 6.07) is 35.8. The Hall–Kier alpha value is -4.00. The number of rotatable bonds is 17. The van der Waals surface area contributed by atoms with Gasteiger partial charge >= 0.3 is 0 Å². The number of nitro benzene ring substituents is 1. The minimum absolute atomic E-state index is 0.000790. The molecule has 4 aromatic rings. The number of hydrogen-bond acceptors (Lipinski definition) is 9. The van der Waals surface area contributed by atoms with Crippen LogP contribution in [0.25, 0.3) is 0 Å². The zero-order chi connectivity index (χ0) is 32.0. The standard InChI is InChI=1S/C36H39NO9/c38-22-32-33(43-23-27-12-4-1-5-13-27)34(44-24-28-14-6-2-7-15-28)35(45-25-29-16-8-3-9-17-29)36(46-32)42-21-20-41-26-30-18-10-11-19-31(30)37(39)40/h1-19,32-36,38H,20-26H2/t32-,33-,34+,35-,36-/m1/s1. The molecule has 0 aromatic heterocycles. The summed E-state index contributed by atoms with van der Waals surface area (Å²) < 4.78 is 37.6. The van der Waals surface area contributed by atoms with Crippen LogP contribution in [0.15, 0.2) is 115 Å². The molecule has 1 saturated heterocycles. The second-order valence-electron chi connectivity index (χ2n) is 10.8. The van der Waals surface area contributed by atoms with Crippen LogP contribution in [-0.2, 0) is 54.8 Å². The average Bonchev–Trinajstić information content (AvgIpc) is 3.10. The smallest absolute Gasteiger partial charge is 0.274 e. The molecule has 1 N–H and O–H groups in total. The number of hydrogen-bond donors (Lipinski definition) is 1. The normalized spacial score (nSPS) is 21.2. The molecule has 0 spiro atoms. The van der Waals surface area contributed by atoms with Crippen molar-refractivity contribution in [3.63, 3.8) is 0 Å². The Morgan fingerprint density at radius 3 is 1.65 bits per heavy atom. The summed E-state index contributed by atoms with van der Waals surface area (Å²) in [5.41, 5.74) is 3.37. The molecule has 4 aromatic carbocycles. The quantitative estimate of drug-likeness (QED) is 0.0904. The van der Waals surface area contributed by atoms with E-state index in [-0.39, 0.29) is 51.9 Å². The largest absolute Gasteiger partial charge is 0.394 e. The maximum Gasteiger partial charge on any atom is 0.274 e. The second kappa shape index (κ2) is 17.6. The van der Waals surface area contributed by atoms with Gasteiger partial charge in [0.1, 0.15) is 24.4 Å². The first-order valence-electron chi connectivity index (χ1n) is 15.3. The number of nitro groups is 1. The van der Waals surface area contributed by atoms with E-state index in [4.69, 9.17) is 28.4 Å². The van der Waals surface area contributed by atoms with Crippen LogP contribution >= 0.6 is 0 Å². The van der Waals surface area contributed by atoms with E-state index in [9.17, 15) is 15.2 Å².